The van der Waals surface area contributed by atoms with Crippen molar-refractivity contribution in [1.29, 1.82) is 0 Å². The smallest absolute Gasteiger partial charge is 0.225 e. The van der Waals surface area contributed by atoms with Crippen LogP contribution in [0.4, 0.5) is 0 Å². The van der Waals surface area contributed by atoms with Gasteiger partial charge in [0.2, 0.25) is 5.91 Å². The summed E-state index contributed by atoms with van der Waals surface area (Å²) in [5.41, 5.74) is 0. The quantitative estimate of drug-likeness (QED) is 0.384. The van der Waals surface area contributed by atoms with E-state index < -0.39 is 0 Å². The van der Waals surface area contributed by atoms with Gasteiger partial charge in [0.15, 0.2) is 5.96 Å². The third kappa shape index (κ3) is 7.68. The number of rotatable bonds is 9. The van der Waals surface area contributed by atoms with Crippen molar-refractivity contribution >= 4 is 11.9 Å². The molecule has 1 unspecified atom stereocenters. The van der Waals surface area contributed by atoms with Gasteiger partial charge in [0, 0.05) is 38.2 Å². The zero-order valence-corrected chi connectivity index (χ0v) is 15.2. The lowest BCUT2D eigenvalue weighted by molar-refractivity contribution is -0.133. The minimum atomic E-state index is 0.0657. The molecule has 0 aromatic rings. The number of amides is 1. The van der Waals surface area contributed by atoms with E-state index in [1.807, 2.05) is 18.7 Å². The van der Waals surface area contributed by atoms with Crippen LogP contribution >= 0.6 is 0 Å². The van der Waals surface area contributed by atoms with Crippen LogP contribution in [0, 0.1) is 5.92 Å². The van der Waals surface area contributed by atoms with Gasteiger partial charge in [-0.15, -0.1) is 0 Å². The van der Waals surface area contributed by atoms with Crippen LogP contribution in [-0.4, -0.2) is 62.2 Å². The lowest BCUT2D eigenvalue weighted by Crippen LogP contribution is -2.45. The number of hydrogen-bond acceptors (Lipinski definition) is 3. The maximum Gasteiger partial charge on any atom is 0.225 e. The summed E-state index contributed by atoms with van der Waals surface area (Å²) in [5, 5.41) is 6.69. The molecule has 1 saturated heterocycles. The third-order valence-electron chi connectivity index (χ3n) is 3.83. The Labute approximate surface area is 141 Å². The first-order chi connectivity index (χ1) is 11.1. The van der Waals surface area contributed by atoms with Crippen LogP contribution in [0.2, 0.25) is 0 Å². The van der Waals surface area contributed by atoms with Gasteiger partial charge in [0.05, 0.1) is 13.2 Å². The second-order valence-corrected chi connectivity index (χ2v) is 6.30. The number of unbranched alkanes of at least 4 members (excludes halogenated alkanes) is 1. The molecule has 0 aliphatic carbocycles. The normalized spacial score (nSPS) is 18.6. The topological polar surface area (TPSA) is 66.0 Å². The number of aliphatic imine (C=N–C) groups is 1. The molecule has 2 N–H and O–H groups in total. The summed E-state index contributed by atoms with van der Waals surface area (Å²) >= 11 is 0. The summed E-state index contributed by atoms with van der Waals surface area (Å²) < 4.78 is 5.53. The molecule has 1 rings (SSSR count). The summed E-state index contributed by atoms with van der Waals surface area (Å²) in [5.74, 6) is 1.12. The molecule has 1 aliphatic rings. The van der Waals surface area contributed by atoms with Gasteiger partial charge in [-0.1, -0.05) is 27.2 Å². The Morgan fingerprint density at radius 3 is 2.78 bits per heavy atom. The first kappa shape index (κ1) is 19.7. The molecule has 0 aromatic carbocycles. The number of ether oxygens (including phenoxy) is 1. The number of nitrogens with one attached hydrogen (secondary N) is 2. The Hall–Kier alpha value is -1.30. The van der Waals surface area contributed by atoms with E-state index in [1.165, 1.54) is 0 Å². The highest BCUT2D eigenvalue weighted by Crippen LogP contribution is 2.12. The number of nitrogens with zero attached hydrogens (tertiary/aromatic N) is 2. The average Bonchev–Trinajstić information content (AvgIpc) is 2.98. The van der Waals surface area contributed by atoms with E-state index in [1.54, 1.807) is 0 Å². The van der Waals surface area contributed by atoms with Gasteiger partial charge >= 0.3 is 0 Å². The fourth-order valence-electron chi connectivity index (χ4n) is 2.53. The van der Waals surface area contributed by atoms with Crippen LogP contribution in [0.3, 0.4) is 0 Å². The summed E-state index contributed by atoms with van der Waals surface area (Å²) in [6.45, 7) is 12.6. The van der Waals surface area contributed by atoms with Crippen LogP contribution in [0.1, 0.15) is 47.0 Å². The highest BCUT2D eigenvalue weighted by molar-refractivity contribution is 5.81. The van der Waals surface area contributed by atoms with Crippen molar-refractivity contribution in [2.24, 2.45) is 10.9 Å². The SMILES string of the molecule is CCCCOCCN=C(NCC)NC1CCN(C(=O)C(C)C)C1. The Morgan fingerprint density at radius 1 is 1.35 bits per heavy atom. The molecule has 1 heterocycles. The zero-order valence-electron chi connectivity index (χ0n) is 15.2. The molecule has 1 atom stereocenters. The predicted molar refractivity (Wildman–Crippen MR) is 94.7 cm³/mol. The van der Waals surface area contributed by atoms with Crippen molar-refractivity contribution in [3.05, 3.63) is 0 Å². The minimum absolute atomic E-state index is 0.0657. The Morgan fingerprint density at radius 2 is 2.13 bits per heavy atom. The first-order valence-corrected chi connectivity index (χ1v) is 8.99. The monoisotopic (exact) mass is 326 g/mol. The Kier molecular flexibility index (Phi) is 9.67. The summed E-state index contributed by atoms with van der Waals surface area (Å²) in [6.07, 6.45) is 3.22. The van der Waals surface area contributed by atoms with Crippen molar-refractivity contribution < 1.29 is 9.53 Å². The molecule has 0 aromatic heterocycles. The Bertz CT molecular complexity index is 372. The number of guanidine groups is 1. The summed E-state index contributed by atoms with van der Waals surface area (Å²) in [4.78, 5) is 18.5. The van der Waals surface area contributed by atoms with E-state index >= 15 is 0 Å². The van der Waals surface area contributed by atoms with E-state index in [2.05, 4.69) is 29.5 Å². The summed E-state index contributed by atoms with van der Waals surface area (Å²) in [6, 6.07) is 0.275. The van der Waals surface area contributed by atoms with Crippen molar-refractivity contribution in [2.45, 2.75) is 53.0 Å². The van der Waals surface area contributed by atoms with Crippen molar-refractivity contribution in [3.63, 3.8) is 0 Å². The van der Waals surface area contributed by atoms with Crippen LogP contribution < -0.4 is 10.6 Å². The number of carbonyl (C=O) groups is 1. The van der Waals surface area contributed by atoms with Crippen LogP contribution in [-0.2, 0) is 9.53 Å². The standard InChI is InChI=1S/C17H34N4O2/c1-5-7-11-23-12-9-19-17(18-6-2)20-15-8-10-21(13-15)16(22)14(3)4/h14-15H,5-13H2,1-4H3,(H2,18,19,20). The fourth-order valence-corrected chi connectivity index (χ4v) is 2.53. The molecular weight excluding hydrogens is 292 g/mol. The molecular formula is C17H34N4O2. The maximum atomic E-state index is 12.0. The van der Waals surface area contributed by atoms with Crippen LogP contribution in [0.25, 0.3) is 0 Å². The zero-order chi connectivity index (χ0) is 17.1. The molecule has 1 amide bonds. The van der Waals surface area contributed by atoms with Crippen molar-refractivity contribution in [3.8, 4) is 0 Å². The second-order valence-electron chi connectivity index (χ2n) is 6.30. The average molecular weight is 326 g/mol. The molecule has 23 heavy (non-hydrogen) atoms. The molecule has 1 aliphatic heterocycles. The van der Waals surface area contributed by atoms with E-state index in [0.717, 1.165) is 51.5 Å². The molecule has 6 nitrogen and oxygen atoms in total. The minimum Gasteiger partial charge on any atom is -0.380 e. The van der Waals surface area contributed by atoms with Crippen LogP contribution in [0.15, 0.2) is 4.99 Å². The highest BCUT2D eigenvalue weighted by Gasteiger charge is 2.27. The number of likely N-dealkylation sites (tertiary alicyclic amines) is 1. The van der Waals surface area contributed by atoms with E-state index in [4.69, 9.17) is 4.74 Å². The van der Waals surface area contributed by atoms with Gasteiger partial charge in [0.25, 0.3) is 0 Å². The molecule has 0 saturated carbocycles. The van der Waals surface area contributed by atoms with Gasteiger partial charge in [0.1, 0.15) is 0 Å². The van der Waals surface area contributed by atoms with Gasteiger partial charge < -0.3 is 20.3 Å². The van der Waals surface area contributed by atoms with Gasteiger partial charge in [-0.25, -0.2) is 0 Å². The Balaban J connectivity index is 2.36. The molecule has 0 bridgehead atoms. The van der Waals surface area contributed by atoms with E-state index in [9.17, 15) is 4.79 Å². The molecule has 1 fully saturated rings. The first-order valence-electron chi connectivity index (χ1n) is 8.99. The van der Waals surface area contributed by atoms with E-state index in [-0.39, 0.29) is 17.9 Å². The van der Waals surface area contributed by atoms with Gasteiger partial charge in [-0.05, 0) is 19.8 Å². The molecule has 6 heteroatoms. The molecule has 0 radical (unpaired) electrons. The van der Waals surface area contributed by atoms with Crippen molar-refractivity contribution in [2.75, 3.05) is 39.4 Å². The lowest BCUT2D eigenvalue weighted by atomic mass is 10.2. The second kappa shape index (κ2) is 11.3. The number of hydrogen-bond donors (Lipinski definition) is 2. The lowest BCUT2D eigenvalue weighted by Gasteiger charge is -2.20. The van der Waals surface area contributed by atoms with Crippen LogP contribution in [0.5, 0.6) is 0 Å². The molecule has 0 spiro atoms. The molecule has 134 valence electrons. The maximum absolute atomic E-state index is 12.0. The van der Waals surface area contributed by atoms with E-state index in [0.29, 0.717) is 13.2 Å². The highest BCUT2D eigenvalue weighted by atomic mass is 16.5. The predicted octanol–water partition coefficient (Wildman–Crippen LogP) is 1.62. The van der Waals surface area contributed by atoms with Gasteiger partial charge in [-0.2, -0.15) is 0 Å². The summed E-state index contributed by atoms with van der Waals surface area (Å²) in [7, 11) is 0. The number of carbonyl (C=O) groups excluding carboxylic acids is 1. The largest absolute Gasteiger partial charge is 0.380 e. The van der Waals surface area contributed by atoms with Gasteiger partial charge in [-0.3, -0.25) is 9.79 Å². The van der Waals surface area contributed by atoms with Crippen molar-refractivity contribution in [1.82, 2.24) is 15.5 Å². The third-order valence-corrected chi connectivity index (χ3v) is 3.83. The fraction of sp³-hybridized carbons (Fsp3) is 0.882.